The third-order valence-electron chi connectivity index (χ3n) is 2.58. The number of nitrogens with zero attached hydrogens (tertiary/aromatic N) is 2. The van der Waals surface area contributed by atoms with Crippen LogP contribution in [0.15, 0.2) is 36.7 Å². The molecular formula is C14H18N4. The van der Waals surface area contributed by atoms with Crippen LogP contribution in [0, 0.1) is 13.8 Å². The molecule has 0 aliphatic carbocycles. The standard InChI is InChI=1S/C14H18N4/c1-11-9-13(3-5-15-11)17-7-8-18-14-4-6-16-12(2)10-14/h3-6,9-10H,7-8H2,1-2H3,(H,15,17)(H,16,18). The van der Waals surface area contributed by atoms with E-state index in [4.69, 9.17) is 0 Å². The summed E-state index contributed by atoms with van der Waals surface area (Å²) in [7, 11) is 0. The molecule has 4 nitrogen and oxygen atoms in total. The Kier molecular flexibility index (Phi) is 4.12. The normalized spacial score (nSPS) is 10.1. The van der Waals surface area contributed by atoms with Crippen LogP contribution >= 0.6 is 0 Å². The lowest BCUT2D eigenvalue weighted by Gasteiger charge is -2.09. The van der Waals surface area contributed by atoms with E-state index in [2.05, 4.69) is 20.6 Å². The minimum Gasteiger partial charge on any atom is -0.383 e. The van der Waals surface area contributed by atoms with Gasteiger partial charge >= 0.3 is 0 Å². The number of nitrogens with one attached hydrogen (secondary N) is 2. The van der Waals surface area contributed by atoms with Gasteiger partial charge in [-0.15, -0.1) is 0 Å². The molecule has 0 amide bonds. The van der Waals surface area contributed by atoms with Crippen LogP contribution in [0.4, 0.5) is 11.4 Å². The predicted octanol–water partition coefficient (Wildman–Crippen LogP) is 2.62. The molecule has 4 heteroatoms. The maximum atomic E-state index is 4.16. The summed E-state index contributed by atoms with van der Waals surface area (Å²) in [5, 5.41) is 6.70. The van der Waals surface area contributed by atoms with Gasteiger partial charge in [0.05, 0.1) is 0 Å². The lowest BCUT2D eigenvalue weighted by molar-refractivity contribution is 1.07. The number of anilines is 2. The zero-order valence-electron chi connectivity index (χ0n) is 10.8. The fourth-order valence-electron chi connectivity index (χ4n) is 1.72. The Morgan fingerprint density at radius 1 is 0.833 bits per heavy atom. The summed E-state index contributed by atoms with van der Waals surface area (Å²) in [6.45, 7) is 5.71. The molecule has 0 aliphatic rings. The molecule has 2 rings (SSSR count). The summed E-state index contributed by atoms with van der Waals surface area (Å²) in [5.41, 5.74) is 4.26. The Morgan fingerprint density at radius 2 is 1.28 bits per heavy atom. The first-order chi connectivity index (χ1) is 8.74. The van der Waals surface area contributed by atoms with E-state index < -0.39 is 0 Å². The third kappa shape index (κ3) is 3.73. The Morgan fingerprint density at radius 3 is 1.67 bits per heavy atom. The van der Waals surface area contributed by atoms with Crippen LogP contribution in [0.1, 0.15) is 11.4 Å². The molecule has 0 aliphatic heterocycles. The highest BCUT2D eigenvalue weighted by Crippen LogP contribution is 2.08. The van der Waals surface area contributed by atoms with Gasteiger partial charge < -0.3 is 10.6 Å². The second-order valence-electron chi connectivity index (χ2n) is 4.23. The first-order valence-corrected chi connectivity index (χ1v) is 6.07. The zero-order valence-corrected chi connectivity index (χ0v) is 10.8. The third-order valence-corrected chi connectivity index (χ3v) is 2.58. The molecule has 0 atom stereocenters. The first-order valence-electron chi connectivity index (χ1n) is 6.07. The molecule has 0 fully saturated rings. The molecular weight excluding hydrogens is 224 g/mol. The van der Waals surface area contributed by atoms with Crippen molar-refractivity contribution < 1.29 is 0 Å². The van der Waals surface area contributed by atoms with E-state index in [1.807, 2.05) is 50.5 Å². The lowest BCUT2D eigenvalue weighted by Crippen LogP contribution is -2.13. The molecule has 18 heavy (non-hydrogen) atoms. The molecule has 2 N–H and O–H groups in total. The number of aromatic nitrogens is 2. The average molecular weight is 242 g/mol. The summed E-state index contributed by atoms with van der Waals surface area (Å²) < 4.78 is 0. The summed E-state index contributed by atoms with van der Waals surface area (Å²) in [6, 6.07) is 8.03. The van der Waals surface area contributed by atoms with E-state index in [-0.39, 0.29) is 0 Å². The molecule has 2 aromatic rings. The Balaban J connectivity index is 1.76. The van der Waals surface area contributed by atoms with Crippen molar-refractivity contribution in [1.29, 1.82) is 0 Å². The van der Waals surface area contributed by atoms with Crippen molar-refractivity contribution in [3.05, 3.63) is 48.0 Å². The molecule has 0 saturated heterocycles. The molecule has 0 radical (unpaired) electrons. The summed E-state index contributed by atoms with van der Waals surface area (Å²) >= 11 is 0. The molecule has 0 aromatic carbocycles. The van der Waals surface area contributed by atoms with Crippen LogP contribution in [0.5, 0.6) is 0 Å². The van der Waals surface area contributed by atoms with Crippen LogP contribution in [-0.2, 0) is 0 Å². The minimum atomic E-state index is 0.866. The van der Waals surface area contributed by atoms with Gasteiger partial charge in [0.2, 0.25) is 0 Å². The van der Waals surface area contributed by atoms with Crippen LogP contribution in [0.2, 0.25) is 0 Å². The monoisotopic (exact) mass is 242 g/mol. The van der Waals surface area contributed by atoms with E-state index in [9.17, 15) is 0 Å². The highest BCUT2D eigenvalue weighted by molar-refractivity contribution is 5.45. The number of hydrogen-bond acceptors (Lipinski definition) is 4. The topological polar surface area (TPSA) is 49.8 Å². The fraction of sp³-hybridized carbons (Fsp3) is 0.286. The summed E-state index contributed by atoms with van der Waals surface area (Å²) in [4.78, 5) is 8.33. The molecule has 2 aromatic heterocycles. The van der Waals surface area contributed by atoms with Crippen molar-refractivity contribution in [3.8, 4) is 0 Å². The number of aryl methyl sites for hydroxylation is 2. The SMILES string of the molecule is Cc1cc(NCCNc2ccnc(C)c2)ccn1. The zero-order chi connectivity index (χ0) is 12.8. The molecule has 0 saturated carbocycles. The van der Waals surface area contributed by atoms with Gasteiger partial charge in [-0.3, -0.25) is 9.97 Å². The first kappa shape index (κ1) is 12.4. The molecule has 0 spiro atoms. The highest BCUT2D eigenvalue weighted by Gasteiger charge is 1.94. The van der Waals surface area contributed by atoms with Gasteiger partial charge in [-0.05, 0) is 38.1 Å². The van der Waals surface area contributed by atoms with Crippen molar-refractivity contribution in [1.82, 2.24) is 9.97 Å². The van der Waals surface area contributed by atoms with E-state index >= 15 is 0 Å². The smallest absolute Gasteiger partial charge is 0.0393 e. The second-order valence-corrected chi connectivity index (χ2v) is 4.23. The predicted molar refractivity (Wildman–Crippen MR) is 74.9 cm³/mol. The highest BCUT2D eigenvalue weighted by atomic mass is 15.0. The number of hydrogen-bond donors (Lipinski definition) is 2. The quantitative estimate of drug-likeness (QED) is 0.791. The Labute approximate surface area is 107 Å². The van der Waals surface area contributed by atoms with Gasteiger partial charge in [-0.2, -0.15) is 0 Å². The van der Waals surface area contributed by atoms with Gasteiger partial charge in [0, 0.05) is 48.2 Å². The van der Waals surface area contributed by atoms with Crippen molar-refractivity contribution in [2.24, 2.45) is 0 Å². The van der Waals surface area contributed by atoms with Gasteiger partial charge in [-0.25, -0.2) is 0 Å². The van der Waals surface area contributed by atoms with Crippen molar-refractivity contribution in [2.45, 2.75) is 13.8 Å². The maximum absolute atomic E-state index is 4.16. The van der Waals surface area contributed by atoms with Gasteiger partial charge in [-0.1, -0.05) is 0 Å². The minimum absolute atomic E-state index is 0.866. The van der Waals surface area contributed by atoms with Crippen LogP contribution in [-0.4, -0.2) is 23.1 Å². The van der Waals surface area contributed by atoms with Gasteiger partial charge in [0.1, 0.15) is 0 Å². The summed E-state index contributed by atoms with van der Waals surface area (Å²) in [5.74, 6) is 0. The maximum Gasteiger partial charge on any atom is 0.0393 e. The van der Waals surface area contributed by atoms with E-state index in [0.717, 1.165) is 35.9 Å². The van der Waals surface area contributed by atoms with Crippen molar-refractivity contribution in [3.63, 3.8) is 0 Å². The fourth-order valence-corrected chi connectivity index (χ4v) is 1.72. The van der Waals surface area contributed by atoms with E-state index in [0.29, 0.717) is 0 Å². The largest absolute Gasteiger partial charge is 0.383 e. The van der Waals surface area contributed by atoms with Crippen molar-refractivity contribution in [2.75, 3.05) is 23.7 Å². The Hall–Kier alpha value is -2.10. The molecule has 0 bridgehead atoms. The summed E-state index contributed by atoms with van der Waals surface area (Å²) in [6.07, 6.45) is 3.63. The lowest BCUT2D eigenvalue weighted by atomic mass is 10.3. The molecule has 0 unspecified atom stereocenters. The second kappa shape index (κ2) is 6.00. The van der Waals surface area contributed by atoms with Crippen LogP contribution < -0.4 is 10.6 Å². The molecule has 94 valence electrons. The van der Waals surface area contributed by atoms with Crippen LogP contribution in [0.25, 0.3) is 0 Å². The van der Waals surface area contributed by atoms with E-state index in [1.54, 1.807) is 0 Å². The van der Waals surface area contributed by atoms with Crippen molar-refractivity contribution >= 4 is 11.4 Å². The number of pyridine rings is 2. The number of rotatable bonds is 5. The molecule has 2 heterocycles. The van der Waals surface area contributed by atoms with E-state index in [1.165, 1.54) is 0 Å². The van der Waals surface area contributed by atoms with Gasteiger partial charge in [0.25, 0.3) is 0 Å². The average Bonchev–Trinajstić information content (AvgIpc) is 2.35. The Bertz CT molecular complexity index is 463. The van der Waals surface area contributed by atoms with Crippen LogP contribution in [0.3, 0.4) is 0 Å². The van der Waals surface area contributed by atoms with Gasteiger partial charge in [0.15, 0.2) is 0 Å².